The quantitative estimate of drug-likeness (QED) is 0.865. The molecule has 102 valence electrons. The van der Waals surface area contributed by atoms with Gasteiger partial charge in [0.05, 0.1) is 6.61 Å². The fourth-order valence-electron chi connectivity index (χ4n) is 2.60. The molecule has 1 unspecified atom stereocenters. The first-order chi connectivity index (χ1) is 9.31. The number of nitrogens with one attached hydrogen (secondary N) is 2. The normalized spacial score (nSPS) is 23.2. The van der Waals surface area contributed by atoms with E-state index in [1.165, 1.54) is 16.5 Å². The average molecular weight is 260 g/mol. The van der Waals surface area contributed by atoms with Gasteiger partial charge >= 0.3 is 0 Å². The summed E-state index contributed by atoms with van der Waals surface area (Å²) in [6.07, 6.45) is 2.93. The van der Waals surface area contributed by atoms with Crippen LogP contribution in [0.5, 0.6) is 0 Å². The van der Waals surface area contributed by atoms with Crippen LogP contribution in [-0.4, -0.2) is 37.5 Å². The van der Waals surface area contributed by atoms with Crippen LogP contribution in [0.25, 0.3) is 10.9 Å². The molecule has 19 heavy (non-hydrogen) atoms. The highest BCUT2D eigenvalue weighted by Crippen LogP contribution is 2.21. The van der Waals surface area contributed by atoms with E-state index in [0.29, 0.717) is 6.61 Å². The van der Waals surface area contributed by atoms with E-state index in [-0.39, 0.29) is 5.60 Å². The van der Waals surface area contributed by atoms with Crippen molar-refractivity contribution in [2.75, 3.05) is 26.9 Å². The Kier molecular flexibility index (Phi) is 3.55. The minimum Gasteiger partial charge on any atom is -0.378 e. The van der Waals surface area contributed by atoms with Crippen molar-refractivity contribution >= 4 is 10.9 Å². The minimum absolute atomic E-state index is 0.142. The second-order valence-corrected chi connectivity index (χ2v) is 5.19. The van der Waals surface area contributed by atoms with Crippen molar-refractivity contribution in [2.24, 2.45) is 0 Å². The van der Waals surface area contributed by atoms with E-state index in [1.54, 1.807) is 7.11 Å². The molecule has 2 N–H and O–H groups in total. The van der Waals surface area contributed by atoms with Crippen LogP contribution in [0, 0.1) is 0 Å². The molecule has 0 spiro atoms. The zero-order valence-electron chi connectivity index (χ0n) is 11.2. The van der Waals surface area contributed by atoms with E-state index in [0.717, 1.165) is 26.1 Å². The van der Waals surface area contributed by atoms with E-state index in [2.05, 4.69) is 34.6 Å². The lowest BCUT2D eigenvalue weighted by molar-refractivity contribution is -0.0159. The third-order valence-electron chi connectivity index (χ3n) is 3.90. The molecule has 1 saturated heterocycles. The molecule has 1 fully saturated rings. The average Bonchev–Trinajstić information content (AvgIpc) is 3.07. The number of benzene rings is 1. The highest BCUT2D eigenvalue weighted by Gasteiger charge is 2.34. The van der Waals surface area contributed by atoms with Crippen LogP contribution < -0.4 is 5.32 Å². The molecule has 4 heteroatoms. The van der Waals surface area contributed by atoms with Gasteiger partial charge in [0.15, 0.2) is 0 Å². The maximum Gasteiger partial charge on any atom is 0.106 e. The number of methoxy groups -OCH3 is 1. The Morgan fingerprint density at radius 2 is 2.37 bits per heavy atom. The SMILES string of the molecule is COC1(CNCc2ccc3cc[nH]c3c2)CCOC1. The Bertz CT molecular complexity index is 544. The van der Waals surface area contributed by atoms with Crippen molar-refractivity contribution in [3.63, 3.8) is 0 Å². The van der Waals surface area contributed by atoms with Crippen molar-refractivity contribution < 1.29 is 9.47 Å². The molecule has 2 heterocycles. The minimum atomic E-state index is -0.142. The summed E-state index contributed by atoms with van der Waals surface area (Å²) in [5.41, 5.74) is 2.32. The predicted molar refractivity (Wildman–Crippen MR) is 75.2 cm³/mol. The lowest BCUT2D eigenvalue weighted by Gasteiger charge is -2.26. The summed E-state index contributed by atoms with van der Waals surface area (Å²) in [4.78, 5) is 3.24. The highest BCUT2D eigenvalue weighted by atomic mass is 16.5. The molecule has 0 saturated carbocycles. The number of hydrogen-bond donors (Lipinski definition) is 2. The summed E-state index contributed by atoms with van der Waals surface area (Å²) in [6.45, 7) is 3.16. The molecular formula is C15H20N2O2. The standard InChI is InChI=1S/C15H20N2O2/c1-18-15(5-7-19-11-15)10-16-9-12-2-3-13-4-6-17-14(13)8-12/h2-4,6,8,16-17H,5,7,9-11H2,1H3. The van der Waals surface area contributed by atoms with E-state index in [9.17, 15) is 0 Å². The van der Waals surface area contributed by atoms with Crippen LogP contribution in [0.1, 0.15) is 12.0 Å². The molecule has 0 radical (unpaired) electrons. The summed E-state index contributed by atoms with van der Waals surface area (Å²) >= 11 is 0. The summed E-state index contributed by atoms with van der Waals surface area (Å²) in [5.74, 6) is 0. The van der Waals surface area contributed by atoms with Gasteiger partial charge in [0.1, 0.15) is 5.60 Å². The summed E-state index contributed by atoms with van der Waals surface area (Å²) in [5, 5.41) is 4.72. The third-order valence-corrected chi connectivity index (χ3v) is 3.90. The molecule has 0 aliphatic carbocycles. The van der Waals surface area contributed by atoms with Crippen molar-refractivity contribution in [3.05, 3.63) is 36.0 Å². The molecule has 2 aromatic rings. The summed E-state index contributed by atoms with van der Waals surface area (Å²) in [7, 11) is 1.77. The number of hydrogen-bond acceptors (Lipinski definition) is 3. The lowest BCUT2D eigenvalue weighted by Crippen LogP contribution is -2.42. The number of ether oxygens (including phenoxy) is 2. The molecule has 4 nitrogen and oxygen atoms in total. The highest BCUT2D eigenvalue weighted by molar-refractivity contribution is 5.79. The topological polar surface area (TPSA) is 46.3 Å². The van der Waals surface area contributed by atoms with Gasteiger partial charge in [-0.05, 0) is 23.1 Å². The summed E-state index contributed by atoms with van der Waals surface area (Å²) < 4.78 is 11.0. The monoisotopic (exact) mass is 260 g/mol. The largest absolute Gasteiger partial charge is 0.378 e. The zero-order valence-corrected chi connectivity index (χ0v) is 11.2. The Hall–Kier alpha value is -1.36. The predicted octanol–water partition coefficient (Wildman–Crippen LogP) is 2.06. The van der Waals surface area contributed by atoms with Crippen molar-refractivity contribution in [1.29, 1.82) is 0 Å². The maximum atomic E-state index is 5.60. The van der Waals surface area contributed by atoms with E-state index in [4.69, 9.17) is 9.47 Å². The number of aromatic amines is 1. The first-order valence-electron chi connectivity index (χ1n) is 6.71. The van der Waals surface area contributed by atoms with Crippen LogP contribution in [-0.2, 0) is 16.0 Å². The van der Waals surface area contributed by atoms with Gasteiger partial charge in [-0.15, -0.1) is 0 Å². The van der Waals surface area contributed by atoms with E-state index >= 15 is 0 Å². The number of rotatable bonds is 5. The Morgan fingerprint density at radius 1 is 1.42 bits per heavy atom. The second-order valence-electron chi connectivity index (χ2n) is 5.19. The first-order valence-corrected chi connectivity index (χ1v) is 6.71. The van der Waals surface area contributed by atoms with Crippen LogP contribution in [0.2, 0.25) is 0 Å². The fourth-order valence-corrected chi connectivity index (χ4v) is 2.60. The fraction of sp³-hybridized carbons (Fsp3) is 0.467. The van der Waals surface area contributed by atoms with E-state index < -0.39 is 0 Å². The Labute approximate surface area is 113 Å². The van der Waals surface area contributed by atoms with Crippen LogP contribution in [0.15, 0.2) is 30.5 Å². The molecule has 3 rings (SSSR count). The van der Waals surface area contributed by atoms with Gasteiger partial charge in [-0.25, -0.2) is 0 Å². The summed E-state index contributed by atoms with van der Waals surface area (Å²) in [6, 6.07) is 8.58. The first kappa shape index (κ1) is 12.7. The molecule has 1 aromatic carbocycles. The second kappa shape index (κ2) is 5.33. The van der Waals surface area contributed by atoms with Crippen LogP contribution in [0.3, 0.4) is 0 Å². The Balaban J connectivity index is 1.59. The molecule has 1 aromatic heterocycles. The Morgan fingerprint density at radius 3 is 3.16 bits per heavy atom. The number of fused-ring (bicyclic) bond motifs is 1. The van der Waals surface area contributed by atoms with Crippen molar-refractivity contribution in [3.8, 4) is 0 Å². The zero-order chi connectivity index (χ0) is 13.1. The van der Waals surface area contributed by atoms with Crippen LogP contribution >= 0.6 is 0 Å². The molecule has 1 aliphatic rings. The van der Waals surface area contributed by atoms with Gasteiger partial charge in [-0.3, -0.25) is 0 Å². The van der Waals surface area contributed by atoms with Gasteiger partial charge in [-0.2, -0.15) is 0 Å². The van der Waals surface area contributed by atoms with Gasteiger partial charge in [0.2, 0.25) is 0 Å². The van der Waals surface area contributed by atoms with Crippen molar-refractivity contribution in [2.45, 2.75) is 18.6 Å². The van der Waals surface area contributed by atoms with Gasteiger partial charge in [0, 0.05) is 44.9 Å². The molecule has 0 bridgehead atoms. The molecule has 1 atom stereocenters. The van der Waals surface area contributed by atoms with Gasteiger partial charge < -0.3 is 19.8 Å². The number of H-pyrrole nitrogens is 1. The van der Waals surface area contributed by atoms with Crippen LogP contribution in [0.4, 0.5) is 0 Å². The lowest BCUT2D eigenvalue weighted by atomic mass is 10.0. The smallest absolute Gasteiger partial charge is 0.106 e. The maximum absolute atomic E-state index is 5.60. The van der Waals surface area contributed by atoms with Crippen molar-refractivity contribution in [1.82, 2.24) is 10.3 Å². The van der Waals surface area contributed by atoms with E-state index in [1.807, 2.05) is 6.20 Å². The third kappa shape index (κ3) is 2.66. The van der Waals surface area contributed by atoms with Gasteiger partial charge in [0.25, 0.3) is 0 Å². The molecule has 1 aliphatic heterocycles. The van der Waals surface area contributed by atoms with Gasteiger partial charge in [-0.1, -0.05) is 12.1 Å². The molecule has 0 amide bonds. The molecular weight excluding hydrogens is 240 g/mol. The number of aromatic nitrogens is 1.